The zero-order valence-corrected chi connectivity index (χ0v) is 14.6. The van der Waals surface area contributed by atoms with Gasteiger partial charge in [0.15, 0.2) is 5.82 Å². The maximum absolute atomic E-state index is 9.53. The number of aryl methyl sites for hydroxylation is 1. The van der Waals surface area contributed by atoms with Crippen LogP contribution in [0, 0.1) is 6.92 Å². The topological polar surface area (TPSA) is 95.2 Å². The molecule has 0 fully saturated rings. The van der Waals surface area contributed by atoms with Crippen LogP contribution in [0.25, 0.3) is 16.7 Å². The van der Waals surface area contributed by atoms with Crippen LogP contribution in [0.5, 0.6) is 11.8 Å². The summed E-state index contributed by atoms with van der Waals surface area (Å²) in [7, 11) is 2.92. The van der Waals surface area contributed by atoms with E-state index >= 15 is 0 Å². The highest BCUT2D eigenvalue weighted by atomic mass is 35.5. The fraction of sp³-hybridized carbons (Fsp3) is 0.286. The minimum absolute atomic E-state index is 0.195. The summed E-state index contributed by atoms with van der Waals surface area (Å²) < 4.78 is 12.0. The Morgan fingerprint density at radius 3 is 2.42 bits per heavy atom. The summed E-state index contributed by atoms with van der Waals surface area (Å²) in [5.74, 6) is 1.23. The van der Waals surface area contributed by atoms with Crippen molar-refractivity contribution in [2.24, 2.45) is 0 Å². The first kappa shape index (κ1) is 16.7. The normalized spacial score (nSPS) is 11.1. The molecule has 0 saturated carbocycles. The third-order valence-electron chi connectivity index (χ3n) is 3.41. The summed E-state index contributed by atoms with van der Waals surface area (Å²) in [5.41, 5.74) is 1.29. The molecule has 3 aromatic rings. The van der Waals surface area contributed by atoms with Gasteiger partial charge in [-0.15, -0.1) is 10.2 Å². The zero-order valence-electron chi connectivity index (χ0n) is 13.0. The lowest BCUT2D eigenvalue weighted by molar-refractivity contribution is 0.269. The van der Waals surface area contributed by atoms with Crippen molar-refractivity contribution in [2.45, 2.75) is 13.5 Å². The third kappa shape index (κ3) is 2.52. The second-order valence-electron chi connectivity index (χ2n) is 4.79. The van der Waals surface area contributed by atoms with Gasteiger partial charge in [0.1, 0.15) is 17.9 Å². The summed E-state index contributed by atoms with van der Waals surface area (Å²) in [6.45, 7) is 1.40. The highest BCUT2D eigenvalue weighted by Crippen LogP contribution is 2.37. The maximum Gasteiger partial charge on any atom is 0.278 e. The molecule has 0 atom stereocenters. The van der Waals surface area contributed by atoms with E-state index < -0.39 is 0 Å². The molecule has 0 aliphatic rings. The zero-order chi connectivity index (χ0) is 17.4. The highest BCUT2D eigenvalue weighted by Gasteiger charge is 2.22. The number of aliphatic hydroxyl groups is 1. The first-order valence-electron chi connectivity index (χ1n) is 6.81. The first-order valence-corrected chi connectivity index (χ1v) is 7.57. The fourth-order valence-corrected chi connectivity index (χ4v) is 2.78. The Bertz CT molecular complexity index is 929. The molecule has 0 bridgehead atoms. The van der Waals surface area contributed by atoms with Crippen LogP contribution < -0.4 is 9.47 Å². The molecular weight excluding hydrogens is 357 g/mol. The molecule has 0 spiro atoms. The van der Waals surface area contributed by atoms with E-state index in [1.807, 2.05) is 0 Å². The number of rotatable bonds is 4. The van der Waals surface area contributed by atoms with Crippen LogP contribution >= 0.6 is 23.2 Å². The molecule has 24 heavy (non-hydrogen) atoms. The average Bonchev–Trinajstić information content (AvgIpc) is 2.95. The number of halogens is 2. The first-order chi connectivity index (χ1) is 11.5. The predicted octanol–water partition coefficient (Wildman–Crippen LogP) is 2.34. The monoisotopic (exact) mass is 369 g/mol. The molecule has 8 nitrogen and oxygen atoms in total. The molecule has 0 radical (unpaired) electrons. The Kier molecular flexibility index (Phi) is 4.44. The van der Waals surface area contributed by atoms with Crippen LogP contribution in [0.3, 0.4) is 0 Å². The SMILES string of the molecule is COc1nc2cc(Cl)c(Cl)c(-n3c(C)nnc3CO)c2nc1OC. The average molecular weight is 370 g/mol. The van der Waals surface area contributed by atoms with Gasteiger partial charge in [-0.1, -0.05) is 23.2 Å². The van der Waals surface area contributed by atoms with E-state index in [1.54, 1.807) is 17.6 Å². The Balaban J connectivity index is 2.45. The molecule has 2 aromatic heterocycles. The molecular formula is C14H13Cl2N5O3. The van der Waals surface area contributed by atoms with Gasteiger partial charge >= 0.3 is 0 Å². The molecule has 3 rings (SSSR count). The lowest BCUT2D eigenvalue weighted by Gasteiger charge is -2.15. The molecule has 0 amide bonds. The van der Waals surface area contributed by atoms with Crippen LogP contribution in [0.1, 0.15) is 11.6 Å². The Morgan fingerprint density at radius 2 is 1.79 bits per heavy atom. The third-order valence-corrected chi connectivity index (χ3v) is 4.19. The second kappa shape index (κ2) is 6.39. The molecule has 0 unspecified atom stereocenters. The minimum Gasteiger partial charge on any atom is -0.477 e. The Labute approximate surface area is 147 Å². The Hall–Kier alpha value is -2.16. The Morgan fingerprint density at radius 1 is 1.12 bits per heavy atom. The number of ether oxygens (including phenoxy) is 2. The van der Waals surface area contributed by atoms with Gasteiger partial charge in [-0.05, 0) is 13.0 Å². The van der Waals surface area contributed by atoms with Crippen molar-refractivity contribution in [3.63, 3.8) is 0 Å². The lowest BCUT2D eigenvalue weighted by atomic mass is 10.2. The van der Waals surface area contributed by atoms with E-state index in [0.717, 1.165) is 0 Å². The van der Waals surface area contributed by atoms with Crippen molar-refractivity contribution in [1.29, 1.82) is 0 Å². The number of methoxy groups -OCH3 is 2. The molecule has 126 valence electrons. The van der Waals surface area contributed by atoms with E-state index in [9.17, 15) is 5.11 Å². The molecule has 1 N–H and O–H groups in total. The fourth-order valence-electron chi connectivity index (χ4n) is 2.36. The highest BCUT2D eigenvalue weighted by molar-refractivity contribution is 6.44. The summed E-state index contributed by atoms with van der Waals surface area (Å²) in [6.07, 6.45) is 0. The van der Waals surface area contributed by atoms with Crippen LogP contribution in [0.4, 0.5) is 0 Å². The van der Waals surface area contributed by atoms with Crippen molar-refractivity contribution < 1.29 is 14.6 Å². The van der Waals surface area contributed by atoms with Crippen molar-refractivity contribution >= 4 is 34.2 Å². The van der Waals surface area contributed by atoms with Crippen molar-refractivity contribution in [3.05, 3.63) is 27.8 Å². The maximum atomic E-state index is 9.53. The summed E-state index contributed by atoms with van der Waals surface area (Å²) in [4.78, 5) is 8.78. The second-order valence-corrected chi connectivity index (χ2v) is 5.57. The number of nitrogens with zero attached hydrogens (tertiary/aromatic N) is 5. The lowest BCUT2D eigenvalue weighted by Crippen LogP contribution is -2.07. The van der Waals surface area contributed by atoms with E-state index in [0.29, 0.717) is 28.4 Å². The minimum atomic E-state index is -0.327. The summed E-state index contributed by atoms with van der Waals surface area (Å²) >= 11 is 12.6. The van der Waals surface area contributed by atoms with Crippen LogP contribution in [-0.2, 0) is 6.61 Å². The number of aromatic nitrogens is 5. The predicted molar refractivity (Wildman–Crippen MR) is 88.2 cm³/mol. The van der Waals surface area contributed by atoms with Crippen molar-refractivity contribution in [3.8, 4) is 17.4 Å². The van der Waals surface area contributed by atoms with Gasteiger partial charge in [-0.25, -0.2) is 9.97 Å². The standard InChI is InChI=1S/C14H13Cl2N5O3/c1-6-19-20-9(5-22)21(6)12-10(16)7(15)4-8-11(12)18-14(24-3)13(17-8)23-2/h4,22H,5H2,1-3H3. The van der Waals surface area contributed by atoms with Crippen LogP contribution in [-0.4, -0.2) is 44.1 Å². The van der Waals surface area contributed by atoms with E-state index in [-0.39, 0.29) is 28.4 Å². The number of hydrogen-bond donors (Lipinski definition) is 1. The molecule has 10 heteroatoms. The van der Waals surface area contributed by atoms with Crippen LogP contribution in [0.2, 0.25) is 10.0 Å². The van der Waals surface area contributed by atoms with Gasteiger partial charge in [0, 0.05) is 0 Å². The van der Waals surface area contributed by atoms with Gasteiger partial charge in [0.2, 0.25) is 0 Å². The molecule has 1 aromatic carbocycles. The number of fused-ring (bicyclic) bond motifs is 1. The van der Waals surface area contributed by atoms with Crippen molar-refractivity contribution in [2.75, 3.05) is 14.2 Å². The van der Waals surface area contributed by atoms with Gasteiger partial charge in [0.25, 0.3) is 11.8 Å². The molecule has 2 heterocycles. The van der Waals surface area contributed by atoms with E-state index in [1.165, 1.54) is 14.2 Å². The van der Waals surface area contributed by atoms with Gasteiger partial charge in [-0.2, -0.15) is 0 Å². The van der Waals surface area contributed by atoms with Gasteiger partial charge in [0.05, 0.1) is 35.5 Å². The smallest absolute Gasteiger partial charge is 0.278 e. The van der Waals surface area contributed by atoms with Crippen molar-refractivity contribution in [1.82, 2.24) is 24.7 Å². The number of aliphatic hydroxyl groups excluding tert-OH is 1. The molecule has 0 saturated heterocycles. The largest absolute Gasteiger partial charge is 0.477 e. The van der Waals surface area contributed by atoms with E-state index in [4.69, 9.17) is 32.7 Å². The molecule has 0 aliphatic carbocycles. The van der Waals surface area contributed by atoms with Gasteiger partial charge < -0.3 is 14.6 Å². The quantitative estimate of drug-likeness (QED) is 0.753. The molecule has 0 aliphatic heterocycles. The van der Waals surface area contributed by atoms with E-state index in [2.05, 4.69) is 20.2 Å². The summed E-state index contributed by atoms with van der Waals surface area (Å²) in [5, 5.41) is 17.9. The van der Waals surface area contributed by atoms with Crippen LogP contribution in [0.15, 0.2) is 6.07 Å². The summed E-state index contributed by atoms with van der Waals surface area (Å²) in [6, 6.07) is 1.58. The number of benzene rings is 1. The number of hydrogen-bond acceptors (Lipinski definition) is 7. The van der Waals surface area contributed by atoms with Gasteiger partial charge in [-0.3, -0.25) is 4.57 Å².